The second-order valence-electron chi connectivity index (χ2n) is 9.41. The molecule has 43 heavy (non-hydrogen) atoms. The summed E-state index contributed by atoms with van der Waals surface area (Å²) in [6.45, 7) is 2.98. The first-order valence-electron chi connectivity index (χ1n) is 12.2. The molecule has 0 fully saturated rings. The minimum atomic E-state index is -5.83. The van der Waals surface area contributed by atoms with Crippen molar-refractivity contribution in [2.24, 2.45) is 0 Å². The predicted octanol–water partition coefficient (Wildman–Crippen LogP) is 9.12. The summed E-state index contributed by atoms with van der Waals surface area (Å²) in [5.41, 5.74) is -6.47. The van der Waals surface area contributed by atoms with E-state index in [1.54, 1.807) is 0 Å². The van der Waals surface area contributed by atoms with E-state index in [0.29, 0.717) is 35.4 Å². The van der Waals surface area contributed by atoms with Crippen molar-refractivity contribution >= 4 is 11.4 Å². The van der Waals surface area contributed by atoms with Crippen molar-refractivity contribution in [1.29, 1.82) is 0 Å². The molecule has 224 valence electrons. The van der Waals surface area contributed by atoms with Gasteiger partial charge in [0.2, 0.25) is 5.41 Å². The molecule has 0 unspecified atom stereocenters. The third kappa shape index (κ3) is 5.94. The zero-order valence-corrected chi connectivity index (χ0v) is 22.2. The Hall–Kier alpha value is -5.14. The maximum Gasteiger partial charge on any atom is 0.411 e. The van der Waals surface area contributed by atoms with Gasteiger partial charge in [0, 0.05) is 24.3 Å². The molecule has 14 heteroatoms. The maximum absolute atomic E-state index is 14.6. The molecule has 0 atom stereocenters. The van der Waals surface area contributed by atoms with E-state index in [4.69, 9.17) is 9.47 Å². The standard InChI is InChI=1S/C29H20F6N2O6/c1-17-15-21(36(38)39)7-13-25(17)42-23-9-3-19(4-10-23)27(28(30,31)32,29(33,34)35)20-5-11-24(12-6-20)43-26-14-8-22(37(40)41)16-18(26)2/h3-16H,1-2H3. The van der Waals surface area contributed by atoms with E-state index in [1.807, 2.05) is 0 Å². The molecule has 0 aromatic heterocycles. The fourth-order valence-corrected chi connectivity index (χ4v) is 4.51. The Morgan fingerprint density at radius 1 is 0.558 bits per heavy atom. The fourth-order valence-electron chi connectivity index (χ4n) is 4.51. The van der Waals surface area contributed by atoms with Crippen LogP contribution in [0.5, 0.6) is 23.0 Å². The molecule has 0 heterocycles. The van der Waals surface area contributed by atoms with Gasteiger partial charge in [-0.15, -0.1) is 0 Å². The van der Waals surface area contributed by atoms with E-state index in [9.17, 15) is 46.6 Å². The van der Waals surface area contributed by atoms with Gasteiger partial charge in [-0.1, -0.05) is 24.3 Å². The van der Waals surface area contributed by atoms with Gasteiger partial charge in [-0.25, -0.2) is 0 Å². The Morgan fingerprint density at radius 2 is 0.884 bits per heavy atom. The quantitative estimate of drug-likeness (QED) is 0.113. The van der Waals surface area contributed by atoms with Crippen molar-refractivity contribution in [3.05, 3.63) is 127 Å². The molecule has 4 rings (SSSR count). The summed E-state index contributed by atoms with van der Waals surface area (Å²) >= 11 is 0. The summed E-state index contributed by atoms with van der Waals surface area (Å²) in [5, 5.41) is 21.9. The minimum absolute atomic E-state index is 0.0961. The van der Waals surface area contributed by atoms with Gasteiger partial charge in [-0.3, -0.25) is 20.2 Å². The van der Waals surface area contributed by atoms with E-state index in [2.05, 4.69) is 0 Å². The van der Waals surface area contributed by atoms with Crippen LogP contribution in [0.2, 0.25) is 0 Å². The lowest BCUT2D eigenvalue weighted by Gasteiger charge is -2.38. The molecule has 0 aliphatic heterocycles. The van der Waals surface area contributed by atoms with Crippen LogP contribution in [-0.2, 0) is 5.41 Å². The zero-order valence-electron chi connectivity index (χ0n) is 22.2. The number of rotatable bonds is 8. The zero-order chi connectivity index (χ0) is 31.7. The Labute approximate surface area is 239 Å². The van der Waals surface area contributed by atoms with Crippen molar-refractivity contribution in [1.82, 2.24) is 0 Å². The summed E-state index contributed by atoms with van der Waals surface area (Å²) in [4.78, 5) is 20.6. The van der Waals surface area contributed by atoms with Crippen LogP contribution >= 0.6 is 0 Å². The van der Waals surface area contributed by atoms with Gasteiger partial charge in [-0.2, -0.15) is 26.3 Å². The number of benzene rings is 4. The van der Waals surface area contributed by atoms with Crippen LogP contribution in [-0.4, -0.2) is 22.2 Å². The first-order valence-corrected chi connectivity index (χ1v) is 12.2. The molecule has 0 radical (unpaired) electrons. The van der Waals surface area contributed by atoms with Crippen molar-refractivity contribution in [2.75, 3.05) is 0 Å². The number of ether oxygens (including phenoxy) is 2. The number of nitrogens with zero attached hydrogens (tertiary/aromatic N) is 2. The van der Waals surface area contributed by atoms with Crippen molar-refractivity contribution in [2.45, 2.75) is 31.6 Å². The summed E-state index contributed by atoms with van der Waals surface area (Å²) in [7, 11) is 0. The Bertz CT molecular complexity index is 1540. The van der Waals surface area contributed by atoms with Crippen LogP contribution in [0.25, 0.3) is 0 Å². The summed E-state index contributed by atoms with van der Waals surface area (Å²) in [5.74, 6) is 0.0486. The molecule has 0 spiro atoms. The highest BCUT2D eigenvalue weighted by atomic mass is 19.4. The molecule has 4 aromatic carbocycles. The van der Waals surface area contributed by atoms with Gasteiger partial charge in [0.05, 0.1) is 9.85 Å². The van der Waals surface area contributed by atoms with Crippen LogP contribution in [0, 0.1) is 34.1 Å². The van der Waals surface area contributed by atoms with Gasteiger partial charge in [0.25, 0.3) is 11.4 Å². The van der Waals surface area contributed by atoms with Crippen LogP contribution < -0.4 is 9.47 Å². The lowest BCUT2D eigenvalue weighted by molar-refractivity contribution is -0.385. The number of halogens is 6. The highest BCUT2D eigenvalue weighted by molar-refractivity contribution is 5.50. The van der Waals surface area contributed by atoms with Crippen LogP contribution in [0.1, 0.15) is 22.3 Å². The van der Waals surface area contributed by atoms with E-state index in [0.717, 1.165) is 36.4 Å². The highest BCUT2D eigenvalue weighted by Gasteiger charge is 2.72. The van der Waals surface area contributed by atoms with Gasteiger partial charge in [0.1, 0.15) is 23.0 Å². The van der Waals surface area contributed by atoms with Gasteiger partial charge in [0.15, 0.2) is 0 Å². The SMILES string of the molecule is Cc1cc([N+](=O)[O-])ccc1Oc1ccc(C(c2ccc(Oc3ccc([N+](=O)[O-])cc3C)cc2)(C(F)(F)F)C(F)(F)F)cc1. The molecule has 0 N–H and O–H groups in total. The molecule has 0 saturated carbocycles. The van der Waals surface area contributed by atoms with Crippen molar-refractivity contribution in [3.8, 4) is 23.0 Å². The van der Waals surface area contributed by atoms with E-state index in [-0.39, 0.29) is 34.4 Å². The van der Waals surface area contributed by atoms with Crippen LogP contribution in [0.4, 0.5) is 37.7 Å². The first-order chi connectivity index (χ1) is 20.0. The smallest absolute Gasteiger partial charge is 0.411 e. The molecule has 0 bridgehead atoms. The molecule has 0 saturated heterocycles. The van der Waals surface area contributed by atoms with Crippen LogP contribution in [0.3, 0.4) is 0 Å². The first kappa shape index (κ1) is 30.8. The number of non-ortho nitro benzene ring substituents is 2. The van der Waals surface area contributed by atoms with Gasteiger partial charge in [-0.05, 0) is 72.5 Å². The number of nitro groups is 2. The van der Waals surface area contributed by atoms with Crippen molar-refractivity contribution in [3.63, 3.8) is 0 Å². The average molecular weight is 606 g/mol. The van der Waals surface area contributed by atoms with E-state index < -0.39 is 38.7 Å². The Kier molecular flexibility index (Phi) is 8.07. The Morgan fingerprint density at radius 3 is 1.14 bits per heavy atom. The second kappa shape index (κ2) is 11.3. The van der Waals surface area contributed by atoms with Crippen LogP contribution in [0.15, 0.2) is 84.9 Å². The van der Waals surface area contributed by atoms with Gasteiger partial charge >= 0.3 is 12.4 Å². The van der Waals surface area contributed by atoms with Gasteiger partial charge < -0.3 is 9.47 Å². The Balaban J connectivity index is 1.70. The van der Waals surface area contributed by atoms with E-state index in [1.165, 1.54) is 38.1 Å². The topological polar surface area (TPSA) is 105 Å². The van der Waals surface area contributed by atoms with Crippen molar-refractivity contribution < 1.29 is 45.7 Å². The predicted molar refractivity (Wildman–Crippen MR) is 142 cm³/mol. The van der Waals surface area contributed by atoms with E-state index >= 15 is 0 Å². The third-order valence-corrected chi connectivity index (χ3v) is 6.62. The molecule has 8 nitrogen and oxygen atoms in total. The lowest BCUT2D eigenvalue weighted by Crippen LogP contribution is -2.54. The summed E-state index contributed by atoms with van der Waals surface area (Å²) in [6.07, 6.45) is -11.7. The molecule has 4 aromatic rings. The lowest BCUT2D eigenvalue weighted by atomic mass is 9.73. The maximum atomic E-state index is 14.6. The highest BCUT2D eigenvalue weighted by Crippen LogP contribution is 2.56. The number of hydrogen-bond acceptors (Lipinski definition) is 6. The average Bonchev–Trinajstić information content (AvgIpc) is 2.91. The fraction of sp³-hybridized carbons (Fsp3) is 0.172. The number of aryl methyl sites for hydroxylation is 2. The normalized spacial score (nSPS) is 12.1. The number of alkyl halides is 6. The molecule has 0 aliphatic rings. The summed E-state index contributed by atoms with van der Waals surface area (Å²) in [6, 6.07) is 13.6. The molecular formula is C29H20F6N2O6. The summed E-state index contributed by atoms with van der Waals surface area (Å²) < 4.78 is 98.4. The number of hydrogen-bond donors (Lipinski definition) is 0. The largest absolute Gasteiger partial charge is 0.457 e. The molecule has 0 amide bonds. The molecular weight excluding hydrogens is 586 g/mol. The third-order valence-electron chi connectivity index (χ3n) is 6.62. The number of nitro benzene ring substituents is 2. The second-order valence-corrected chi connectivity index (χ2v) is 9.41. The monoisotopic (exact) mass is 606 g/mol. The molecule has 0 aliphatic carbocycles. The minimum Gasteiger partial charge on any atom is -0.457 e.